The van der Waals surface area contributed by atoms with Gasteiger partial charge < -0.3 is 20.1 Å². The summed E-state index contributed by atoms with van der Waals surface area (Å²) in [5.74, 6) is -1.44. The number of fused-ring (bicyclic) bond motifs is 4. The Hall–Kier alpha value is -4.26. The predicted octanol–water partition coefficient (Wildman–Crippen LogP) is 3.99. The molecule has 0 radical (unpaired) electrons. The fourth-order valence-electron chi connectivity index (χ4n) is 4.43. The van der Waals surface area contributed by atoms with Gasteiger partial charge in [-0.3, -0.25) is 9.20 Å². The van der Waals surface area contributed by atoms with Crippen LogP contribution in [0.3, 0.4) is 0 Å². The van der Waals surface area contributed by atoms with Crippen molar-refractivity contribution in [1.29, 1.82) is 0 Å². The highest BCUT2D eigenvalue weighted by Gasteiger charge is 2.31. The average molecular weight is 529 g/mol. The first kappa shape index (κ1) is 25.4. The lowest BCUT2D eigenvalue weighted by Crippen LogP contribution is -2.42. The third-order valence-electron chi connectivity index (χ3n) is 6.03. The van der Waals surface area contributed by atoms with Gasteiger partial charge in [0.05, 0.1) is 45.7 Å². The highest BCUT2D eigenvalue weighted by molar-refractivity contribution is 5.98. The number of aliphatic hydroxyl groups is 1. The molecule has 5 rings (SSSR count). The molecule has 1 aromatic carbocycles. The number of benzene rings is 1. The van der Waals surface area contributed by atoms with E-state index in [-0.39, 0.29) is 41.3 Å². The monoisotopic (exact) mass is 529 g/mol. The number of imidazole rings is 2. The van der Waals surface area contributed by atoms with Crippen LogP contribution in [0.4, 0.5) is 23.4 Å². The van der Waals surface area contributed by atoms with Crippen molar-refractivity contribution >= 4 is 33.9 Å². The quantitative estimate of drug-likeness (QED) is 0.333. The zero-order valence-electron chi connectivity index (χ0n) is 20.6. The van der Waals surface area contributed by atoms with E-state index in [9.17, 15) is 23.1 Å². The van der Waals surface area contributed by atoms with E-state index in [2.05, 4.69) is 15.0 Å². The Morgan fingerprint density at radius 1 is 1.16 bits per heavy atom. The lowest BCUT2D eigenvalue weighted by Gasteiger charge is -2.29. The molecule has 0 aliphatic rings. The van der Waals surface area contributed by atoms with Crippen molar-refractivity contribution in [2.45, 2.75) is 39.1 Å². The van der Waals surface area contributed by atoms with Crippen molar-refractivity contribution in [3.8, 4) is 0 Å². The van der Waals surface area contributed by atoms with Crippen molar-refractivity contribution in [3.05, 3.63) is 71.3 Å². The summed E-state index contributed by atoms with van der Waals surface area (Å²) in [7, 11) is 0. The summed E-state index contributed by atoms with van der Waals surface area (Å²) in [5.41, 5.74) is 5.75. The van der Waals surface area contributed by atoms with Gasteiger partial charge in [-0.25, -0.2) is 19.3 Å². The van der Waals surface area contributed by atoms with Crippen LogP contribution in [-0.2, 0) is 12.7 Å². The lowest BCUT2D eigenvalue weighted by molar-refractivity contribution is -0.137. The first-order chi connectivity index (χ1) is 17.7. The van der Waals surface area contributed by atoms with Crippen molar-refractivity contribution in [2.75, 3.05) is 12.3 Å². The molecule has 0 atom stereocenters. The SMILES string of the molecule is Cc1ncn2c1c(N)nc1cc(F)c(C(=O)N(Cc3cn4cc(C(F)(F)F)ccc4n3)CC(C)(C)O)cc12. The van der Waals surface area contributed by atoms with Gasteiger partial charge in [-0.15, -0.1) is 0 Å². The number of carbonyl (C=O) groups is 1. The number of alkyl halides is 3. The number of halogens is 4. The van der Waals surface area contributed by atoms with Gasteiger partial charge in [0.1, 0.15) is 29.1 Å². The van der Waals surface area contributed by atoms with Crippen LogP contribution in [0, 0.1) is 12.7 Å². The highest BCUT2D eigenvalue weighted by Crippen LogP contribution is 2.30. The van der Waals surface area contributed by atoms with Crippen LogP contribution in [0.15, 0.2) is 43.0 Å². The summed E-state index contributed by atoms with van der Waals surface area (Å²) < 4.78 is 57.4. The molecule has 198 valence electrons. The molecule has 9 nitrogen and oxygen atoms in total. The molecule has 0 fully saturated rings. The second-order valence-electron chi connectivity index (χ2n) is 9.75. The number of nitrogens with two attached hydrogens (primary N) is 1. The van der Waals surface area contributed by atoms with E-state index in [0.717, 1.165) is 18.3 Å². The van der Waals surface area contributed by atoms with Gasteiger partial charge in [0, 0.05) is 25.0 Å². The molecule has 0 aliphatic heterocycles. The lowest BCUT2D eigenvalue weighted by atomic mass is 10.1. The summed E-state index contributed by atoms with van der Waals surface area (Å²) >= 11 is 0. The number of aromatic nitrogens is 5. The Bertz CT molecular complexity index is 1720. The highest BCUT2D eigenvalue weighted by atomic mass is 19.4. The van der Waals surface area contributed by atoms with E-state index in [1.54, 1.807) is 11.3 Å². The first-order valence-electron chi connectivity index (χ1n) is 11.5. The van der Waals surface area contributed by atoms with Gasteiger partial charge in [0.2, 0.25) is 0 Å². The first-order valence-corrected chi connectivity index (χ1v) is 11.5. The second-order valence-corrected chi connectivity index (χ2v) is 9.75. The van der Waals surface area contributed by atoms with Gasteiger partial charge in [-0.2, -0.15) is 13.2 Å². The normalized spacial score (nSPS) is 12.6. The summed E-state index contributed by atoms with van der Waals surface area (Å²) in [6.45, 7) is 4.31. The molecule has 0 aliphatic carbocycles. The van der Waals surface area contributed by atoms with Gasteiger partial charge in [-0.05, 0) is 39.0 Å². The maximum absolute atomic E-state index is 15.2. The zero-order valence-corrected chi connectivity index (χ0v) is 20.6. The summed E-state index contributed by atoms with van der Waals surface area (Å²) in [6.07, 6.45) is -0.782. The van der Waals surface area contributed by atoms with Crippen LogP contribution in [0.5, 0.6) is 0 Å². The maximum Gasteiger partial charge on any atom is 0.417 e. The number of anilines is 1. The Balaban J connectivity index is 1.56. The minimum atomic E-state index is -4.53. The minimum Gasteiger partial charge on any atom is -0.389 e. The zero-order chi connectivity index (χ0) is 27.6. The molecule has 5 aromatic rings. The number of nitrogen functional groups attached to an aromatic ring is 1. The largest absolute Gasteiger partial charge is 0.417 e. The summed E-state index contributed by atoms with van der Waals surface area (Å²) in [6, 6.07) is 4.56. The molecular weight excluding hydrogens is 506 g/mol. The standard InChI is InChI=1S/C25H23F4N7O2/c1-13-21-22(30)33-18-7-17(26)16(6-19(18)36(21)12-31-13)23(37)35(11-24(2,3)38)10-15-9-34-8-14(25(27,28)29)4-5-20(34)32-15/h4-9,12,38H,10-11H2,1-3H3,(H2,30,33). The van der Waals surface area contributed by atoms with Gasteiger partial charge in [0.25, 0.3) is 5.91 Å². The average Bonchev–Trinajstić information content (AvgIpc) is 3.39. The van der Waals surface area contributed by atoms with Crippen LogP contribution >= 0.6 is 0 Å². The Kier molecular flexibility index (Phi) is 5.78. The molecule has 1 amide bonds. The van der Waals surface area contributed by atoms with Crippen LogP contribution < -0.4 is 5.73 Å². The van der Waals surface area contributed by atoms with Crippen molar-refractivity contribution in [2.24, 2.45) is 0 Å². The third kappa shape index (κ3) is 4.60. The van der Waals surface area contributed by atoms with E-state index in [0.29, 0.717) is 16.7 Å². The van der Waals surface area contributed by atoms with Crippen molar-refractivity contribution in [3.63, 3.8) is 0 Å². The Morgan fingerprint density at radius 3 is 2.58 bits per heavy atom. The number of hydrogen-bond donors (Lipinski definition) is 2. The van der Waals surface area contributed by atoms with Crippen LogP contribution in [0.1, 0.15) is 41.2 Å². The van der Waals surface area contributed by atoms with E-state index < -0.39 is 29.1 Å². The molecule has 13 heteroatoms. The number of hydrogen-bond acceptors (Lipinski definition) is 6. The van der Waals surface area contributed by atoms with Crippen LogP contribution in [0.2, 0.25) is 0 Å². The van der Waals surface area contributed by atoms with Crippen molar-refractivity contribution < 1.29 is 27.5 Å². The molecule has 0 saturated carbocycles. The molecule has 0 saturated heterocycles. The molecule has 3 N–H and O–H groups in total. The second kappa shape index (κ2) is 8.65. The Labute approximate surface area is 213 Å². The van der Waals surface area contributed by atoms with Gasteiger partial charge in [-0.1, -0.05) is 0 Å². The third-order valence-corrected chi connectivity index (χ3v) is 6.03. The van der Waals surface area contributed by atoms with Gasteiger partial charge >= 0.3 is 6.18 Å². The molecule has 0 bridgehead atoms. The topological polar surface area (TPSA) is 114 Å². The van der Waals surface area contributed by atoms with E-state index >= 15 is 4.39 Å². The van der Waals surface area contributed by atoms with Crippen LogP contribution in [0.25, 0.3) is 22.2 Å². The molecule has 0 unspecified atom stereocenters. The fourth-order valence-corrected chi connectivity index (χ4v) is 4.43. The smallest absolute Gasteiger partial charge is 0.389 e. The summed E-state index contributed by atoms with van der Waals surface area (Å²) in [4.78, 5) is 27.6. The number of aryl methyl sites for hydroxylation is 1. The number of amides is 1. The van der Waals surface area contributed by atoms with E-state index in [1.807, 2.05) is 0 Å². The molecule has 4 aromatic heterocycles. The van der Waals surface area contributed by atoms with E-state index in [4.69, 9.17) is 5.73 Å². The van der Waals surface area contributed by atoms with E-state index in [1.165, 1.54) is 47.8 Å². The van der Waals surface area contributed by atoms with Crippen molar-refractivity contribution in [1.82, 2.24) is 28.7 Å². The Morgan fingerprint density at radius 2 is 1.89 bits per heavy atom. The van der Waals surface area contributed by atoms with Crippen LogP contribution in [-0.4, -0.2) is 51.8 Å². The predicted molar refractivity (Wildman–Crippen MR) is 131 cm³/mol. The molecular formula is C25H23F4N7O2. The molecule has 0 spiro atoms. The number of pyridine rings is 1. The fraction of sp³-hybridized carbons (Fsp3) is 0.280. The number of nitrogens with zero attached hydrogens (tertiary/aromatic N) is 6. The van der Waals surface area contributed by atoms with Gasteiger partial charge in [0.15, 0.2) is 0 Å². The minimum absolute atomic E-state index is 0.162. The number of carbonyl (C=O) groups excluding carboxylic acids is 1. The number of rotatable bonds is 5. The molecule has 38 heavy (non-hydrogen) atoms. The maximum atomic E-state index is 15.2. The summed E-state index contributed by atoms with van der Waals surface area (Å²) in [5, 5.41) is 10.5. The molecule has 4 heterocycles.